The van der Waals surface area contributed by atoms with E-state index in [0.29, 0.717) is 17.7 Å². The lowest BCUT2D eigenvalue weighted by Gasteiger charge is -2.30. The van der Waals surface area contributed by atoms with E-state index >= 15 is 0 Å². The van der Waals surface area contributed by atoms with E-state index in [0.717, 1.165) is 11.9 Å². The Morgan fingerprint density at radius 2 is 2.17 bits per heavy atom. The lowest BCUT2D eigenvalue weighted by molar-refractivity contribution is -0.104. The number of hydrogen-bond donors (Lipinski definition) is 0. The number of aldehydes is 1. The molecular weight excluding hydrogens is 255 g/mol. The Labute approximate surface area is 108 Å². The summed E-state index contributed by atoms with van der Waals surface area (Å²) in [6.45, 7) is 5.85. The zero-order chi connectivity index (χ0) is 13.9. The number of carbonyl (C=O) groups excluding carboxylic acids is 1. The molecule has 0 aromatic carbocycles. The number of halogens is 2. The van der Waals surface area contributed by atoms with E-state index < -0.39 is 5.66 Å². The van der Waals surface area contributed by atoms with Crippen LogP contribution in [0.4, 0.5) is 8.78 Å². The van der Waals surface area contributed by atoms with Gasteiger partial charge >= 0.3 is 0 Å². The van der Waals surface area contributed by atoms with Crippen LogP contribution < -0.4 is 0 Å². The van der Waals surface area contributed by atoms with Crippen molar-refractivity contribution in [1.29, 1.82) is 0 Å². The normalized spacial score (nSPS) is 17.2. The average molecular weight is 271 g/mol. The van der Waals surface area contributed by atoms with E-state index in [9.17, 15) is 13.6 Å². The molecule has 18 heavy (non-hydrogen) atoms. The van der Waals surface area contributed by atoms with Crippen molar-refractivity contribution in [2.45, 2.75) is 12.6 Å². The molecule has 0 saturated heterocycles. The summed E-state index contributed by atoms with van der Waals surface area (Å²) in [5.74, 6) is 0. The van der Waals surface area contributed by atoms with Gasteiger partial charge in [-0.05, 0) is 35.8 Å². The first-order valence-electron chi connectivity index (χ1n) is 5.37. The SMILES string of the molecule is C=C(/C=C(/C)C=O)C1=CC=C(C(F)(F)P)N(C)C1. The summed E-state index contributed by atoms with van der Waals surface area (Å²) >= 11 is 0. The minimum Gasteiger partial charge on any atom is -0.368 e. The third kappa shape index (κ3) is 3.61. The minimum atomic E-state index is -2.94. The summed E-state index contributed by atoms with van der Waals surface area (Å²) in [5, 5.41) is 0. The Balaban J connectivity index is 2.97. The van der Waals surface area contributed by atoms with Crippen LogP contribution >= 0.6 is 9.24 Å². The average Bonchev–Trinajstić information content (AvgIpc) is 2.26. The number of likely N-dealkylation sites (N-methyl/N-ethyl adjacent to an activating group) is 1. The summed E-state index contributed by atoms with van der Waals surface area (Å²) in [7, 11) is 3.12. The fraction of sp³-hybridized carbons (Fsp3) is 0.308. The van der Waals surface area contributed by atoms with Gasteiger partial charge in [-0.15, -0.1) is 0 Å². The standard InChI is InChI=1S/C13H16F2NOP/c1-9(8-17)6-10(2)11-4-5-12(13(14,15)18)16(3)7-11/h4-6,8H,2,7,18H2,1,3H3/b9-6-. The van der Waals surface area contributed by atoms with Crippen molar-refractivity contribution in [3.63, 3.8) is 0 Å². The van der Waals surface area contributed by atoms with Gasteiger partial charge in [-0.3, -0.25) is 4.79 Å². The van der Waals surface area contributed by atoms with Gasteiger partial charge in [0, 0.05) is 13.6 Å². The fourth-order valence-electron chi connectivity index (χ4n) is 1.68. The highest BCUT2D eigenvalue weighted by molar-refractivity contribution is 7.18. The summed E-state index contributed by atoms with van der Waals surface area (Å²) < 4.78 is 26.4. The van der Waals surface area contributed by atoms with E-state index in [1.165, 1.54) is 20.2 Å². The van der Waals surface area contributed by atoms with Crippen LogP contribution in [0.5, 0.6) is 0 Å². The Bertz CT molecular complexity index is 458. The molecule has 0 radical (unpaired) electrons. The molecule has 1 rings (SSSR count). The van der Waals surface area contributed by atoms with Crippen LogP contribution in [0.25, 0.3) is 0 Å². The maximum absolute atomic E-state index is 13.2. The lowest BCUT2D eigenvalue weighted by Crippen LogP contribution is -2.31. The Kier molecular flexibility index (Phi) is 4.58. The molecule has 0 aromatic rings. The molecule has 0 fully saturated rings. The smallest absolute Gasteiger partial charge is 0.297 e. The van der Waals surface area contributed by atoms with E-state index in [4.69, 9.17) is 0 Å². The van der Waals surface area contributed by atoms with Crippen molar-refractivity contribution in [3.05, 3.63) is 47.2 Å². The van der Waals surface area contributed by atoms with E-state index in [-0.39, 0.29) is 5.70 Å². The molecule has 5 heteroatoms. The third-order valence-corrected chi connectivity index (χ3v) is 2.90. The molecule has 0 N–H and O–H groups in total. The third-order valence-electron chi connectivity index (χ3n) is 2.60. The minimum absolute atomic E-state index is 0.0554. The molecule has 0 bridgehead atoms. The van der Waals surface area contributed by atoms with Gasteiger partial charge in [0.15, 0.2) is 0 Å². The first-order chi connectivity index (χ1) is 8.25. The van der Waals surface area contributed by atoms with Gasteiger partial charge in [0.25, 0.3) is 5.66 Å². The van der Waals surface area contributed by atoms with Crippen molar-refractivity contribution in [2.75, 3.05) is 13.6 Å². The lowest BCUT2D eigenvalue weighted by atomic mass is 10.0. The van der Waals surface area contributed by atoms with E-state index in [1.807, 2.05) is 0 Å². The molecule has 1 aliphatic heterocycles. The fourth-order valence-corrected chi connectivity index (χ4v) is 1.99. The van der Waals surface area contributed by atoms with Crippen LogP contribution in [0.2, 0.25) is 0 Å². The van der Waals surface area contributed by atoms with Crippen molar-refractivity contribution >= 4 is 15.5 Å². The molecule has 1 unspecified atom stereocenters. The Morgan fingerprint density at radius 3 is 2.61 bits per heavy atom. The van der Waals surface area contributed by atoms with Gasteiger partial charge in [-0.2, -0.15) is 8.78 Å². The second-order valence-electron chi connectivity index (χ2n) is 4.25. The van der Waals surface area contributed by atoms with Crippen LogP contribution in [-0.2, 0) is 4.79 Å². The van der Waals surface area contributed by atoms with Gasteiger partial charge in [-0.1, -0.05) is 21.9 Å². The highest BCUT2D eigenvalue weighted by Gasteiger charge is 2.32. The molecule has 0 spiro atoms. The summed E-state index contributed by atoms with van der Waals surface area (Å²) in [6.07, 6.45) is 5.37. The monoisotopic (exact) mass is 271 g/mol. The molecule has 0 aromatic heterocycles. The van der Waals surface area contributed by atoms with Crippen molar-refractivity contribution in [2.24, 2.45) is 0 Å². The molecule has 1 heterocycles. The summed E-state index contributed by atoms with van der Waals surface area (Å²) in [4.78, 5) is 12.0. The van der Waals surface area contributed by atoms with E-state index in [2.05, 4.69) is 6.58 Å². The van der Waals surface area contributed by atoms with Gasteiger partial charge in [-0.25, -0.2) is 0 Å². The number of hydrogen-bond acceptors (Lipinski definition) is 2. The zero-order valence-electron chi connectivity index (χ0n) is 10.4. The van der Waals surface area contributed by atoms with Crippen LogP contribution in [0.15, 0.2) is 47.2 Å². The number of carbonyl (C=O) groups is 1. The molecule has 98 valence electrons. The molecule has 0 amide bonds. The first-order valence-corrected chi connectivity index (χ1v) is 5.95. The molecule has 2 nitrogen and oxygen atoms in total. The number of nitrogens with zero attached hydrogens (tertiary/aromatic N) is 1. The number of allylic oxidation sites excluding steroid dienone is 5. The highest BCUT2D eigenvalue weighted by atomic mass is 31.0. The van der Waals surface area contributed by atoms with Gasteiger partial charge < -0.3 is 4.90 Å². The van der Waals surface area contributed by atoms with Crippen LogP contribution in [0.3, 0.4) is 0 Å². The van der Waals surface area contributed by atoms with Crippen LogP contribution in [-0.4, -0.2) is 30.4 Å². The van der Waals surface area contributed by atoms with Gasteiger partial charge in [0.05, 0.1) is 5.70 Å². The quantitative estimate of drug-likeness (QED) is 0.339. The van der Waals surface area contributed by atoms with Crippen molar-refractivity contribution in [3.8, 4) is 0 Å². The van der Waals surface area contributed by atoms with Crippen molar-refractivity contribution in [1.82, 2.24) is 4.90 Å². The first kappa shape index (κ1) is 14.8. The summed E-state index contributed by atoms with van der Waals surface area (Å²) in [6, 6.07) is 0. The van der Waals surface area contributed by atoms with Gasteiger partial charge in [0.2, 0.25) is 0 Å². The van der Waals surface area contributed by atoms with Crippen molar-refractivity contribution < 1.29 is 13.6 Å². The van der Waals surface area contributed by atoms with Crippen LogP contribution in [0.1, 0.15) is 6.92 Å². The zero-order valence-corrected chi connectivity index (χ0v) is 11.6. The topological polar surface area (TPSA) is 20.3 Å². The Hall–Kier alpha value is -1.28. The van der Waals surface area contributed by atoms with Crippen LogP contribution in [0, 0.1) is 0 Å². The molecule has 0 aliphatic carbocycles. The largest absolute Gasteiger partial charge is 0.368 e. The van der Waals surface area contributed by atoms with E-state index in [1.54, 1.807) is 26.1 Å². The maximum atomic E-state index is 13.2. The van der Waals surface area contributed by atoms with Gasteiger partial charge in [0.1, 0.15) is 6.29 Å². The second kappa shape index (κ2) is 5.57. The molecular formula is C13H16F2NOP. The molecule has 0 saturated carbocycles. The number of alkyl halides is 2. The summed E-state index contributed by atoms with van der Waals surface area (Å²) in [5.41, 5.74) is -0.965. The number of rotatable bonds is 4. The highest BCUT2D eigenvalue weighted by Crippen LogP contribution is 2.35. The maximum Gasteiger partial charge on any atom is 0.297 e. The molecule has 1 atom stereocenters. The predicted molar refractivity (Wildman–Crippen MR) is 72.4 cm³/mol. The Morgan fingerprint density at radius 1 is 1.56 bits per heavy atom. The predicted octanol–water partition coefficient (Wildman–Crippen LogP) is 2.91. The second-order valence-corrected chi connectivity index (χ2v) is 4.98. The molecule has 1 aliphatic rings.